The Bertz CT molecular complexity index is 495. The highest BCUT2D eigenvalue weighted by molar-refractivity contribution is 5.49. The number of hydrogen-bond acceptors (Lipinski definition) is 4. The van der Waals surface area contributed by atoms with Crippen molar-refractivity contribution in [3.8, 4) is 0 Å². The Kier molecular flexibility index (Phi) is 4.99. The molecule has 0 amide bonds. The molecule has 22 heavy (non-hydrogen) atoms. The van der Waals surface area contributed by atoms with E-state index in [0.717, 1.165) is 57.6 Å². The van der Waals surface area contributed by atoms with Gasteiger partial charge in [-0.2, -0.15) is 0 Å². The minimum atomic E-state index is 0.168. The van der Waals surface area contributed by atoms with Crippen LogP contribution in [0.5, 0.6) is 0 Å². The van der Waals surface area contributed by atoms with Gasteiger partial charge in [-0.05, 0) is 70.5 Å². The number of nitrogens with zero attached hydrogens (tertiary/aromatic N) is 1. The number of aromatic nitrogens is 1. The quantitative estimate of drug-likeness (QED) is 0.793. The molecule has 4 nitrogen and oxygen atoms in total. The second-order valence-electron chi connectivity index (χ2n) is 7.26. The third-order valence-electron chi connectivity index (χ3n) is 4.71. The number of unbranched alkanes of at least 4 members (excludes halogenated alkanes) is 1. The summed E-state index contributed by atoms with van der Waals surface area (Å²) in [7, 11) is 0. The van der Waals surface area contributed by atoms with Gasteiger partial charge in [-0.1, -0.05) is 6.07 Å². The summed E-state index contributed by atoms with van der Waals surface area (Å²) >= 11 is 0. The van der Waals surface area contributed by atoms with E-state index in [2.05, 4.69) is 36.6 Å². The molecule has 0 spiro atoms. The van der Waals surface area contributed by atoms with Crippen LogP contribution in [-0.2, 0) is 17.6 Å². The van der Waals surface area contributed by atoms with Crippen LogP contribution in [0.3, 0.4) is 0 Å². The van der Waals surface area contributed by atoms with Gasteiger partial charge in [0.15, 0.2) is 0 Å². The lowest BCUT2D eigenvalue weighted by molar-refractivity contribution is 0.0645. The molecule has 0 aliphatic carbocycles. The van der Waals surface area contributed by atoms with Crippen molar-refractivity contribution in [2.75, 3.05) is 25.0 Å². The molecule has 2 aliphatic rings. The van der Waals surface area contributed by atoms with Crippen LogP contribution in [-0.4, -0.2) is 36.3 Å². The molecule has 0 bridgehead atoms. The molecule has 2 N–H and O–H groups in total. The van der Waals surface area contributed by atoms with Gasteiger partial charge in [0.05, 0.1) is 6.10 Å². The van der Waals surface area contributed by atoms with Crippen molar-refractivity contribution in [3.05, 3.63) is 23.4 Å². The van der Waals surface area contributed by atoms with E-state index in [1.54, 1.807) is 0 Å². The standard InChI is InChI=1S/C18H29N3O/c1-18(2)10-8-14-6-7-15(20-17(14)21-18)5-3-4-12-22-16-9-11-19-13-16/h6-7,16,19H,3-5,8-13H2,1-2H3,(H,20,21)/t16-/m1/s1. The Morgan fingerprint density at radius 1 is 1.32 bits per heavy atom. The number of fused-ring (bicyclic) bond motifs is 1. The van der Waals surface area contributed by atoms with Crippen molar-refractivity contribution in [2.24, 2.45) is 0 Å². The van der Waals surface area contributed by atoms with Crippen molar-refractivity contribution >= 4 is 5.82 Å². The molecule has 122 valence electrons. The zero-order valence-electron chi connectivity index (χ0n) is 14.0. The molecule has 1 fully saturated rings. The highest BCUT2D eigenvalue weighted by atomic mass is 16.5. The van der Waals surface area contributed by atoms with Crippen LogP contribution in [0.2, 0.25) is 0 Å². The van der Waals surface area contributed by atoms with Crippen LogP contribution in [0.15, 0.2) is 12.1 Å². The fourth-order valence-electron chi connectivity index (χ4n) is 3.24. The first-order chi connectivity index (χ1) is 10.6. The molecule has 0 unspecified atom stereocenters. The lowest BCUT2D eigenvalue weighted by Gasteiger charge is -2.33. The molecule has 1 aromatic rings. The van der Waals surface area contributed by atoms with Gasteiger partial charge in [-0.3, -0.25) is 0 Å². The predicted octanol–water partition coefficient (Wildman–Crippen LogP) is 2.92. The lowest BCUT2D eigenvalue weighted by atomic mass is 9.91. The third-order valence-corrected chi connectivity index (χ3v) is 4.71. The number of aryl methyl sites for hydroxylation is 2. The van der Waals surface area contributed by atoms with E-state index in [-0.39, 0.29) is 5.54 Å². The van der Waals surface area contributed by atoms with Crippen molar-refractivity contribution in [3.63, 3.8) is 0 Å². The summed E-state index contributed by atoms with van der Waals surface area (Å²) in [5.74, 6) is 1.10. The van der Waals surface area contributed by atoms with Crippen molar-refractivity contribution in [1.82, 2.24) is 10.3 Å². The fourth-order valence-corrected chi connectivity index (χ4v) is 3.24. The fraction of sp³-hybridized carbons (Fsp3) is 0.722. The summed E-state index contributed by atoms with van der Waals surface area (Å²) in [6, 6.07) is 4.45. The molecule has 2 aliphatic heterocycles. The van der Waals surface area contributed by atoms with Crippen LogP contribution in [0, 0.1) is 0 Å². The molecule has 0 aromatic carbocycles. The largest absolute Gasteiger partial charge is 0.377 e. The highest BCUT2D eigenvalue weighted by Crippen LogP contribution is 2.29. The van der Waals surface area contributed by atoms with E-state index in [0.29, 0.717) is 6.10 Å². The first kappa shape index (κ1) is 15.8. The predicted molar refractivity (Wildman–Crippen MR) is 90.4 cm³/mol. The smallest absolute Gasteiger partial charge is 0.129 e. The molecule has 0 radical (unpaired) electrons. The van der Waals surface area contributed by atoms with Gasteiger partial charge >= 0.3 is 0 Å². The first-order valence-electron chi connectivity index (χ1n) is 8.72. The van der Waals surface area contributed by atoms with E-state index in [1.165, 1.54) is 17.7 Å². The van der Waals surface area contributed by atoms with Gasteiger partial charge in [-0.25, -0.2) is 4.98 Å². The molecule has 4 heteroatoms. The Labute approximate surface area is 134 Å². The monoisotopic (exact) mass is 303 g/mol. The molecule has 1 aromatic heterocycles. The third kappa shape index (κ3) is 4.20. The molecule has 3 rings (SSSR count). The van der Waals surface area contributed by atoms with E-state index in [4.69, 9.17) is 9.72 Å². The van der Waals surface area contributed by atoms with Crippen molar-refractivity contribution in [2.45, 2.75) is 64.0 Å². The van der Waals surface area contributed by atoms with Gasteiger partial charge in [0.25, 0.3) is 0 Å². The molecule has 3 heterocycles. The van der Waals surface area contributed by atoms with Gasteiger partial charge in [0.2, 0.25) is 0 Å². The average Bonchev–Trinajstić information content (AvgIpc) is 2.99. The normalized spacial score (nSPS) is 23.1. The van der Waals surface area contributed by atoms with Crippen LogP contribution in [0.4, 0.5) is 5.82 Å². The van der Waals surface area contributed by atoms with Gasteiger partial charge in [0.1, 0.15) is 5.82 Å². The molecule has 1 atom stereocenters. The summed E-state index contributed by atoms with van der Waals surface area (Å²) in [6.07, 6.45) is 7.22. The lowest BCUT2D eigenvalue weighted by Crippen LogP contribution is -2.35. The first-order valence-corrected chi connectivity index (χ1v) is 8.72. The van der Waals surface area contributed by atoms with Crippen LogP contribution < -0.4 is 10.6 Å². The number of ether oxygens (including phenoxy) is 1. The maximum absolute atomic E-state index is 5.86. The Hall–Kier alpha value is -1.13. The van der Waals surface area contributed by atoms with Crippen molar-refractivity contribution < 1.29 is 4.74 Å². The number of pyridine rings is 1. The van der Waals surface area contributed by atoms with Crippen LogP contribution >= 0.6 is 0 Å². The Balaban J connectivity index is 1.43. The second-order valence-corrected chi connectivity index (χ2v) is 7.26. The van der Waals surface area contributed by atoms with E-state index >= 15 is 0 Å². The highest BCUT2D eigenvalue weighted by Gasteiger charge is 2.24. The molecular weight excluding hydrogens is 274 g/mol. The summed E-state index contributed by atoms with van der Waals surface area (Å²) in [6.45, 7) is 7.50. The van der Waals surface area contributed by atoms with Crippen LogP contribution in [0.25, 0.3) is 0 Å². The molecule has 0 saturated carbocycles. The Morgan fingerprint density at radius 3 is 3.05 bits per heavy atom. The van der Waals surface area contributed by atoms with Gasteiger partial charge < -0.3 is 15.4 Å². The zero-order chi connectivity index (χ0) is 15.4. The summed E-state index contributed by atoms with van der Waals surface area (Å²) in [5.41, 5.74) is 2.73. The number of rotatable bonds is 6. The number of anilines is 1. The van der Waals surface area contributed by atoms with E-state index in [1.807, 2.05) is 0 Å². The number of hydrogen-bond donors (Lipinski definition) is 2. The Morgan fingerprint density at radius 2 is 2.23 bits per heavy atom. The van der Waals surface area contributed by atoms with Gasteiger partial charge in [-0.15, -0.1) is 0 Å². The zero-order valence-corrected chi connectivity index (χ0v) is 14.0. The summed E-state index contributed by atoms with van der Waals surface area (Å²) in [4.78, 5) is 4.82. The second kappa shape index (κ2) is 6.97. The van der Waals surface area contributed by atoms with E-state index in [9.17, 15) is 0 Å². The van der Waals surface area contributed by atoms with E-state index < -0.39 is 0 Å². The SMILES string of the molecule is CC1(C)CCc2ccc(CCCCO[C@@H]3CCNC3)nc2N1. The van der Waals surface area contributed by atoms with Crippen LogP contribution in [0.1, 0.15) is 50.8 Å². The summed E-state index contributed by atoms with van der Waals surface area (Å²) < 4.78 is 5.86. The number of nitrogens with one attached hydrogen (secondary N) is 2. The van der Waals surface area contributed by atoms with Crippen molar-refractivity contribution in [1.29, 1.82) is 0 Å². The maximum Gasteiger partial charge on any atom is 0.129 e. The minimum Gasteiger partial charge on any atom is -0.377 e. The average molecular weight is 303 g/mol. The molecular formula is C18H29N3O. The topological polar surface area (TPSA) is 46.2 Å². The van der Waals surface area contributed by atoms with Gasteiger partial charge in [0, 0.05) is 24.4 Å². The summed E-state index contributed by atoms with van der Waals surface area (Å²) in [5, 5.41) is 6.91. The maximum atomic E-state index is 5.86. The minimum absolute atomic E-state index is 0.168. The molecule has 1 saturated heterocycles.